The second-order valence-electron chi connectivity index (χ2n) is 6.42. The van der Waals surface area contributed by atoms with Crippen molar-refractivity contribution in [2.45, 2.75) is 65.3 Å². The van der Waals surface area contributed by atoms with Crippen LogP contribution in [-0.4, -0.2) is 24.0 Å². The van der Waals surface area contributed by atoms with Gasteiger partial charge in [-0.05, 0) is 56.5 Å². The summed E-state index contributed by atoms with van der Waals surface area (Å²) in [6.45, 7) is 10.1. The lowest BCUT2D eigenvalue weighted by atomic mass is 9.67. The first-order valence-corrected chi connectivity index (χ1v) is 6.83. The van der Waals surface area contributed by atoms with E-state index in [4.69, 9.17) is 0 Å². The van der Waals surface area contributed by atoms with Crippen molar-refractivity contribution < 1.29 is 0 Å². The Morgan fingerprint density at radius 2 is 1.67 bits per heavy atom. The van der Waals surface area contributed by atoms with Gasteiger partial charge >= 0.3 is 0 Å². The van der Waals surface area contributed by atoms with Crippen LogP contribution in [0.3, 0.4) is 0 Å². The molecule has 0 unspecified atom stereocenters. The van der Waals surface area contributed by atoms with Crippen LogP contribution in [0.15, 0.2) is 0 Å². The number of hydrogen-bond acceptors (Lipinski definition) is 1. The Morgan fingerprint density at radius 3 is 2.27 bits per heavy atom. The Kier molecular flexibility index (Phi) is 3.39. The van der Waals surface area contributed by atoms with Crippen LogP contribution in [0.2, 0.25) is 0 Å². The molecule has 2 aliphatic rings. The van der Waals surface area contributed by atoms with Crippen LogP contribution < -0.4 is 0 Å². The summed E-state index contributed by atoms with van der Waals surface area (Å²) in [7, 11) is 0. The molecular weight excluding hydrogens is 182 g/mol. The van der Waals surface area contributed by atoms with E-state index in [2.05, 4.69) is 25.7 Å². The first-order valence-electron chi connectivity index (χ1n) is 6.83. The minimum atomic E-state index is 0.570. The maximum atomic E-state index is 2.77. The smallest absolute Gasteiger partial charge is 0.0100 e. The molecule has 0 aromatic heterocycles. The van der Waals surface area contributed by atoms with E-state index < -0.39 is 0 Å². The molecule has 1 heteroatoms. The average molecular weight is 209 g/mol. The van der Waals surface area contributed by atoms with Gasteiger partial charge < -0.3 is 4.90 Å². The van der Waals surface area contributed by atoms with Gasteiger partial charge in [-0.2, -0.15) is 0 Å². The molecule has 2 fully saturated rings. The van der Waals surface area contributed by atoms with Crippen molar-refractivity contribution in [1.29, 1.82) is 0 Å². The second-order valence-corrected chi connectivity index (χ2v) is 6.42. The molecule has 0 aromatic carbocycles. The van der Waals surface area contributed by atoms with Crippen molar-refractivity contribution in [3.8, 4) is 0 Å². The minimum absolute atomic E-state index is 0.570. The average Bonchev–Trinajstić information content (AvgIpc) is 2.23. The highest BCUT2D eigenvalue weighted by Crippen LogP contribution is 2.42. The van der Waals surface area contributed by atoms with Gasteiger partial charge in [-0.1, -0.05) is 27.2 Å². The van der Waals surface area contributed by atoms with Gasteiger partial charge in [-0.25, -0.2) is 0 Å². The maximum Gasteiger partial charge on any atom is 0.0100 e. The molecule has 1 aliphatic heterocycles. The molecule has 0 amide bonds. The number of rotatable bonds is 1. The monoisotopic (exact) mass is 209 g/mol. The fraction of sp³-hybridized carbons (Fsp3) is 1.00. The highest BCUT2D eigenvalue weighted by atomic mass is 15.2. The van der Waals surface area contributed by atoms with Crippen molar-refractivity contribution in [3.05, 3.63) is 0 Å². The van der Waals surface area contributed by atoms with Crippen LogP contribution in [0.1, 0.15) is 59.3 Å². The fourth-order valence-electron chi connectivity index (χ4n) is 3.34. The van der Waals surface area contributed by atoms with E-state index in [9.17, 15) is 0 Å². The highest BCUT2D eigenvalue weighted by Gasteiger charge is 2.36. The summed E-state index contributed by atoms with van der Waals surface area (Å²) < 4.78 is 0. The number of piperidine rings is 1. The Hall–Kier alpha value is -0.0400. The molecule has 1 aliphatic carbocycles. The summed E-state index contributed by atoms with van der Waals surface area (Å²) in [5.41, 5.74) is 0.570. The van der Waals surface area contributed by atoms with E-state index in [0.717, 1.165) is 12.0 Å². The van der Waals surface area contributed by atoms with Gasteiger partial charge in [-0.3, -0.25) is 0 Å². The van der Waals surface area contributed by atoms with E-state index in [0.29, 0.717) is 5.41 Å². The Labute approximate surface area is 95.2 Å². The molecule has 0 N–H and O–H groups in total. The predicted molar refractivity (Wildman–Crippen MR) is 66.0 cm³/mol. The molecule has 0 aromatic rings. The predicted octanol–water partition coefficient (Wildman–Crippen LogP) is 3.69. The maximum absolute atomic E-state index is 2.77. The van der Waals surface area contributed by atoms with Gasteiger partial charge in [0.1, 0.15) is 0 Å². The fourth-order valence-corrected chi connectivity index (χ4v) is 3.34. The second kappa shape index (κ2) is 4.45. The Morgan fingerprint density at radius 1 is 1.00 bits per heavy atom. The molecule has 0 radical (unpaired) electrons. The number of likely N-dealkylation sites (tertiary alicyclic amines) is 1. The van der Waals surface area contributed by atoms with Gasteiger partial charge in [-0.15, -0.1) is 0 Å². The SMILES string of the molecule is C[C@@H]1CC[C@@H](N2CCCCC2)CC1(C)C. The molecule has 1 saturated carbocycles. The summed E-state index contributed by atoms with van der Waals surface area (Å²) >= 11 is 0. The van der Waals surface area contributed by atoms with Gasteiger partial charge in [0.25, 0.3) is 0 Å². The van der Waals surface area contributed by atoms with Crippen molar-refractivity contribution in [3.63, 3.8) is 0 Å². The third kappa shape index (κ3) is 2.55. The summed E-state index contributed by atoms with van der Waals surface area (Å²) in [4.78, 5) is 2.77. The van der Waals surface area contributed by atoms with Crippen molar-refractivity contribution in [1.82, 2.24) is 4.90 Å². The van der Waals surface area contributed by atoms with Crippen LogP contribution in [0, 0.1) is 11.3 Å². The topological polar surface area (TPSA) is 3.24 Å². The highest BCUT2D eigenvalue weighted by molar-refractivity contribution is 4.89. The molecule has 88 valence electrons. The van der Waals surface area contributed by atoms with Crippen LogP contribution in [0.25, 0.3) is 0 Å². The molecule has 2 atom stereocenters. The van der Waals surface area contributed by atoms with Crippen molar-refractivity contribution in [2.75, 3.05) is 13.1 Å². The quantitative estimate of drug-likeness (QED) is 0.636. The van der Waals surface area contributed by atoms with E-state index in [1.807, 2.05) is 0 Å². The van der Waals surface area contributed by atoms with Crippen LogP contribution in [0.4, 0.5) is 0 Å². The van der Waals surface area contributed by atoms with Crippen molar-refractivity contribution >= 4 is 0 Å². The lowest BCUT2D eigenvalue weighted by Crippen LogP contribution is -2.45. The number of nitrogens with zero attached hydrogens (tertiary/aromatic N) is 1. The molecule has 0 bridgehead atoms. The third-order valence-electron chi connectivity index (χ3n) is 4.94. The van der Waals surface area contributed by atoms with Crippen LogP contribution in [0.5, 0.6) is 0 Å². The van der Waals surface area contributed by atoms with E-state index in [1.165, 1.54) is 51.6 Å². The molecular formula is C14H27N. The van der Waals surface area contributed by atoms with Crippen LogP contribution in [-0.2, 0) is 0 Å². The lowest BCUT2D eigenvalue weighted by molar-refractivity contribution is 0.0454. The van der Waals surface area contributed by atoms with Gasteiger partial charge in [0.05, 0.1) is 0 Å². The van der Waals surface area contributed by atoms with E-state index >= 15 is 0 Å². The standard InChI is InChI=1S/C14H27N/c1-12-7-8-13(11-14(12,2)3)15-9-5-4-6-10-15/h12-13H,4-11H2,1-3H3/t12-,13-/m1/s1. The molecule has 15 heavy (non-hydrogen) atoms. The van der Waals surface area contributed by atoms with Crippen molar-refractivity contribution in [2.24, 2.45) is 11.3 Å². The summed E-state index contributed by atoms with van der Waals surface area (Å²) in [6, 6.07) is 0.900. The summed E-state index contributed by atoms with van der Waals surface area (Å²) in [5.74, 6) is 0.915. The van der Waals surface area contributed by atoms with Crippen LogP contribution >= 0.6 is 0 Å². The van der Waals surface area contributed by atoms with E-state index in [1.54, 1.807) is 0 Å². The normalized spacial score (nSPS) is 37.8. The molecule has 1 heterocycles. The van der Waals surface area contributed by atoms with Gasteiger partial charge in [0, 0.05) is 6.04 Å². The summed E-state index contributed by atoms with van der Waals surface area (Å²) in [5, 5.41) is 0. The zero-order valence-electron chi connectivity index (χ0n) is 10.8. The molecule has 1 nitrogen and oxygen atoms in total. The first-order chi connectivity index (χ1) is 7.09. The molecule has 0 spiro atoms. The zero-order chi connectivity index (χ0) is 10.9. The zero-order valence-corrected chi connectivity index (χ0v) is 10.8. The largest absolute Gasteiger partial charge is 0.300 e. The Balaban J connectivity index is 1.93. The lowest BCUT2D eigenvalue weighted by Gasteiger charge is -2.46. The molecule has 1 saturated heterocycles. The van der Waals surface area contributed by atoms with Gasteiger partial charge in [0.2, 0.25) is 0 Å². The third-order valence-corrected chi connectivity index (χ3v) is 4.94. The Bertz CT molecular complexity index is 203. The number of hydrogen-bond donors (Lipinski definition) is 0. The van der Waals surface area contributed by atoms with Gasteiger partial charge in [0.15, 0.2) is 0 Å². The summed E-state index contributed by atoms with van der Waals surface area (Å²) in [6.07, 6.45) is 8.65. The minimum Gasteiger partial charge on any atom is -0.300 e. The first kappa shape index (κ1) is 11.4. The molecule has 2 rings (SSSR count). The van der Waals surface area contributed by atoms with E-state index in [-0.39, 0.29) is 0 Å².